The Bertz CT molecular complexity index is 117. The molecule has 0 aromatic carbocycles. The largest absolute Gasteiger partial charge is 0.374 e. The van der Waals surface area contributed by atoms with Crippen molar-refractivity contribution < 1.29 is 4.74 Å². The Labute approximate surface area is 77.6 Å². The van der Waals surface area contributed by atoms with Crippen LogP contribution in [0.5, 0.6) is 0 Å². The van der Waals surface area contributed by atoms with Crippen molar-refractivity contribution in [2.45, 2.75) is 38.7 Å². The van der Waals surface area contributed by atoms with Gasteiger partial charge in [-0.25, -0.2) is 0 Å². The quantitative estimate of drug-likeness (QED) is 0.665. The molecular weight excluding hydrogens is 204 g/mol. The van der Waals surface area contributed by atoms with Gasteiger partial charge in [0.05, 0.1) is 5.60 Å². The summed E-state index contributed by atoms with van der Waals surface area (Å²) < 4.78 is 5.75. The van der Waals surface area contributed by atoms with E-state index in [1.807, 2.05) is 0 Å². The molecule has 1 unspecified atom stereocenters. The van der Waals surface area contributed by atoms with Crippen LogP contribution >= 0.6 is 15.9 Å². The first kappa shape index (κ1) is 9.53. The topological polar surface area (TPSA) is 9.23 Å². The highest BCUT2D eigenvalue weighted by atomic mass is 79.9. The normalized spacial score (nSPS) is 31.6. The monoisotopic (exact) mass is 220 g/mol. The molecule has 0 aromatic heterocycles. The highest BCUT2D eigenvalue weighted by Gasteiger charge is 2.34. The molecule has 0 amide bonds. The van der Waals surface area contributed by atoms with Gasteiger partial charge in [0.1, 0.15) is 0 Å². The Kier molecular flexibility index (Phi) is 3.38. The van der Waals surface area contributed by atoms with Crippen molar-refractivity contribution in [2.75, 3.05) is 11.9 Å². The average molecular weight is 221 g/mol. The van der Waals surface area contributed by atoms with Crippen LogP contribution in [0.25, 0.3) is 0 Å². The summed E-state index contributed by atoms with van der Waals surface area (Å²) in [6.45, 7) is 5.47. The molecule has 0 radical (unpaired) electrons. The van der Waals surface area contributed by atoms with Crippen LogP contribution in [-0.2, 0) is 4.74 Å². The Hall–Kier alpha value is 0.440. The molecule has 0 spiro atoms. The van der Waals surface area contributed by atoms with Gasteiger partial charge in [-0.2, -0.15) is 0 Å². The molecule has 1 fully saturated rings. The molecule has 0 bridgehead atoms. The first-order chi connectivity index (χ1) is 5.18. The van der Waals surface area contributed by atoms with Gasteiger partial charge in [0, 0.05) is 11.9 Å². The van der Waals surface area contributed by atoms with E-state index in [0.29, 0.717) is 0 Å². The molecule has 0 aromatic rings. The molecule has 0 aliphatic carbocycles. The van der Waals surface area contributed by atoms with Crippen LogP contribution < -0.4 is 0 Å². The molecule has 1 rings (SSSR count). The second-order valence-corrected chi connectivity index (χ2v) is 4.43. The zero-order valence-corrected chi connectivity index (χ0v) is 8.99. The van der Waals surface area contributed by atoms with E-state index < -0.39 is 0 Å². The third-order valence-electron chi connectivity index (χ3n) is 2.21. The molecule has 1 aliphatic rings. The van der Waals surface area contributed by atoms with Crippen molar-refractivity contribution in [2.24, 2.45) is 5.92 Å². The molecule has 0 N–H and O–H groups in total. The summed E-state index contributed by atoms with van der Waals surface area (Å²) in [5.74, 6) is 0.741. The van der Waals surface area contributed by atoms with E-state index in [0.717, 1.165) is 17.9 Å². The van der Waals surface area contributed by atoms with E-state index in [1.54, 1.807) is 0 Å². The summed E-state index contributed by atoms with van der Waals surface area (Å²) in [6.07, 6.45) is 3.66. The molecule has 1 atom stereocenters. The lowest BCUT2D eigenvalue weighted by Gasteiger charge is -2.27. The van der Waals surface area contributed by atoms with Gasteiger partial charge in [-0.3, -0.25) is 0 Å². The Morgan fingerprint density at radius 2 is 2.27 bits per heavy atom. The zero-order valence-electron chi connectivity index (χ0n) is 7.40. The van der Waals surface area contributed by atoms with E-state index in [4.69, 9.17) is 4.74 Å². The predicted molar refractivity (Wildman–Crippen MR) is 51.2 cm³/mol. The molecule has 1 saturated heterocycles. The average Bonchev–Trinajstić information content (AvgIpc) is 2.36. The number of alkyl halides is 1. The predicted octanol–water partition coefficient (Wildman–Crippen LogP) is 2.98. The minimum Gasteiger partial charge on any atom is -0.374 e. The summed E-state index contributed by atoms with van der Waals surface area (Å²) in [7, 11) is 0. The van der Waals surface area contributed by atoms with Crippen molar-refractivity contribution in [3.63, 3.8) is 0 Å². The highest BCUT2D eigenvalue weighted by molar-refractivity contribution is 9.09. The standard InChI is InChI=1S/C9H17BrO/c1-8(2)6-9(7-10)4-3-5-11-9/h8H,3-7H2,1-2H3. The van der Waals surface area contributed by atoms with Crippen LogP contribution in [-0.4, -0.2) is 17.5 Å². The van der Waals surface area contributed by atoms with Crippen LogP contribution in [0, 0.1) is 5.92 Å². The third kappa shape index (κ3) is 2.45. The first-order valence-electron chi connectivity index (χ1n) is 4.38. The van der Waals surface area contributed by atoms with Gasteiger partial charge in [0.15, 0.2) is 0 Å². The molecule has 1 heterocycles. The Morgan fingerprint density at radius 1 is 1.55 bits per heavy atom. The van der Waals surface area contributed by atoms with Crippen LogP contribution in [0.3, 0.4) is 0 Å². The molecule has 0 saturated carbocycles. The van der Waals surface area contributed by atoms with Gasteiger partial charge in [0.25, 0.3) is 0 Å². The van der Waals surface area contributed by atoms with Crippen LogP contribution in [0.1, 0.15) is 33.1 Å². The van der Waals surface area contributed by atoms with Gasteiger partial charge in [-0.05, 0) is 25.2 Å². The number of rotatable bonds is 3. The van der Waals surface area contributed by atoms with Gasteiger partial charge < -0.3 is 4.74 Å². The molecular formula is C9H17BrO. The summed E-state index contributed by atoms with van der Waals surface area (Å²) in [4.78, 5) is 0. The molecule has 1 aliphatic heterocycles. The lowest BCUT2D eigenvalue weighted by molar-refractivity contribution is 0.00898. The number of hydrogen-bond donors (Lipinski definition) is 0. The summed E-state index contributed by atoms with van der Waals surface area (Å²) in [5.41, 5.74) is 0.175. The second-order valence-electron chi connectivity index (χ2n) is 3.87. The number of ether oxygens (including phenoxy) is 1. The Balaban J connectivity index is 2.45. The fourth-order valence-corrected chi connectivity index (χ4v) is 2.49. The van der Waals surface area contributed by atoms with Gasteiger partial charge >= 0.3 is 0 Å². The summed E-state index contributed by atoms with van der Waals surface area (Å²) in [6, 6.07) is 0. The van der Waals surface area contributed by atoms with Crippen molar-refractivity contribution in [1.82, 2.24) is 0 Å². The minimum absolute atomic E-state index is 0.175. The fraction of sp³-hybridized carbons (Fsp3) is 1.00. The van der Waals surface area contributed by atoms with E-state index in [2.05, 4.69) is 29.8 Å². The van der Waals surface area contributed by atoms with Crippen LogP contribution in [0.2, 0.25) is 0 Å². The van der Waals surface area contributed by atoms with Crippen LogP contribution in [0.4, 0.5) is 0 Å². The van der Waals surface area contributed by atoms with E-state index >= 15 is 0 Å². The molecule has 66 valence electrons. The highest BCUT2D eigenvalue weighted by Crippen LogP contribution is 2.33. The molecule has 1 nitrogen and oxygen atoms in total. The van der Waals surface area contributed by atoms with E-state index in [-0.39, 0.29) is 5.60 Å². The van der Waals surface area contributed by atoms with Crippen molar-refractivity contribution in [3.05, 3.63) is 0 Å². The summed E-state index contributed by atoms with van der Waals surface area (Å²) >= 11 is 3.54. The zero-order chi connectivity index (χ0) is 8.32. The van der Waals surface area contributed by atoms with Gasteiger partial charge in [-0.1, -0.05) is 29.8 Å². The van der Waals surface area contributed by atoms with E-state index in [1.165, 1.54) is 19.3 Å². The van der Waals surface area contributed by atoms with Crippen molar-refractivity contribution in [1.29, 1.82) is 0 Å². The maximum Gasteiger partial charge on any atom is 0.0782 e. The minimum atomic E-state index is 0.175. The fourth-order valence-electron chi connectivity index (χ4n) is 1.82. The summed E-state index contributed by atoms with van der Waals surface area (Å²) in [5, 5.41) is 0.998. The molecule has 2 heteroatoms. The molecule has 11 heavy (non-hydrogen) atoms. The SMILES string of the molecule is CC(C)CC1(CBr)CCCO1. The van der Waals surface area contributed by atoms with Gasteiger partial charge in [0.2, 0.25) is 0 Å². The smallest absolute Gasteiger partial charge is 0.0782 e. The first-order valence-corrected chi connectivity index (χ1v) is 5.51. The Morgan fingerprint density at radius 3 is 2.64 bits per heavy atom. The van der Waals surface area contributed by atoms with E-state index in [9.17, 15) is 0 Å². The van der Waals surface area contributed by atoms with Gasteiger partial charge in [-0.15, -0.1) is 0 Å². The third-order valence-corrected chi connectivity index (χ3v) is 3.23. The maximum absolute atomic E-state index is 5.75. The lowest BCUT2D eigenvalue weighted by atomic mass is 9.92. The number of halogens is 1. The maximum atomic E-state index is 5.75. The second kappa shape index (κ2) is 3.90. The van der Waals surface area contributed by atoms with Crippen molar-refractivity contribution >= 4 is 15.9 Å². The van der Waals surface area contributed by atoms with Crippen LogP contribution in [0.15, 0.2) is 0 Å². The number of hydrogen-bond acceptors (Lipinski definition) is 1. The van der Waals surface area contributed by atoms with Crippen molar-refractivity contribution in [3.8, 4) is 0 Å². The lowest BCUT2D eigenvalue weighted by Crippen LogP contribution is -2.31.